The molecule has 0 saturated heterocycles. The fourth-order valence-electron chi connectivity index (χ4n) is 1.57. The quantitative estimate of drug-likeness (QED) is 0.654. The molecule has 7 heteroatoms. The van der Waals surface area contributed by atoms with Crippen molar-refractivity contribution in [2.45, 2.75) is 31.0 Å². The lowest BCUT2D eigenvalue weighted by atomic mass is 10.3. The van der Waals surface area contributed by atoms with Gasteiger partial charge < -0.3 is 10.3 Å². The van der Waals surface area contributed by atoms with Gasteiger partial charge in [0, 0.05) is 23.9 Å². The van der Waals surface area contributed by atoms with Gasteiger partial charge in [-0.25, -0.2) is 15.0 Å². The van der Waals surface area contributed by atoms with E-state index >= 15 is 0 Å². The van der Waals surface area contributed by atoms with E-state index in [1.165, 1.54) is 24.2 Å². The topological polar surface area (TPSA) is 83.6 Å². The molecule has 0 unspecified atom stereocenters. The predicted octanol–water partition coefficient (Wildman–Crippen LogP) is 1.76. The summed E-state index contributed by atoms with van der Waals surface area (Å²) in [6.07, 6.45) is 1.50. The number of hydrogen-bond acceptors (Lipinski definition) is 6. The van der Waals surface area contributed by atoms with Gasteiger partial charge in [0.1, 0.15) is 17.2 Å². The molecule has 2 aromatic heterocycles. The van der Waals surface area contributed by atoms with Crippen LogP contribution < -0.4 is 10.9 Å². The summed E-state index contributed by atoms with van der Waals surface area (Å²) in [5, 5.41) is 4.48. The van der Waals surface area contributed by atoms with Crippen molar-refractivity contribution < 1.29 is 0 Å². The largest absolute Gasteiger partial charge is 0.370 e. The second-order valence-corrected chi connectivity index (χ2v) is 4.95. The first-order valence-corrected chi connectivity index (χ1v) is 6.73. The van der Waals surface area contributed by atoms with Gasteiger partial charge in [0.25, 0.3) is 5.56 Å². The van der Waals surface area contributed by atoms with Gasteiger partial charge in [-0.3, -0.25) is 4.79 Å². The van der Waals surface area contributed by atoms with Gasteiger partial charge in [-0.15, -0.1) is 0 Å². The van der Waals surface area contributed by atoms with Crippen molar-refractivity contribution in [2.75, 3.05) is 11.9 Å². The molecule has 100 valence electrons. The number of hydrogen-bond donors (Lipinski definition) is 2. The van der Waals surface area contributed by atoms with E-state index in [2.05, 4.69) is 25.3 Å². The average Bonchev–Trinajstić information content (AvgIpc) is 2.33. The highest BCUT2D eigenvalue weighted by atomic mass is 32.2. The number of anilines is 1. The van der Waals surface area contributed by atoms with Crippen molar-refractivity contribution in [2.24, 2.45) is 0 Å². The summed E-state index contributed by atoms with van der Waals surface area (Å²) in [6.45, 7) is 6.53. The first-order chi connectivity index (χ1) is 9.10. The van der Waals surface area contributed by atoms with E-state index in [1.807, 2.05) is 13.8 Å². The molecule has 2 rings (SSSR count). The summed E-state index contributed by atoms with van der Waals surface area (Å²) in [5.74, 6) is 0.801. The van der Waals surface area contributed by atoms with Crippen molar-refractivity contribution in [3.05, 3.63) is 34.0 Å². The van der Waals surface area contributed by atoms with Crippen LogP contribution in [0.1, 0.15) is 18.2 Å². The lowest BCUT2D eigenvalue weighted by Crippen LogP contribution is -2.08. The first kappa shape index (κ1) is 13.5. The summed E-state index contributed by atoms with van der Waals surface area (Å²) in [7, 11) is 0. The Kier molecular flexibility index (Phi) is 4.16. The number of nitrogens with zero attached hydrogens (tertiary/aromatic N) is 3. The smallest absolute Gasteiger partial charge is 0.251 e. The molecule has 2 heterocycles. The Bertz CT molecular complexity index is 640. The second kappa shape index (κ2) is 5.83. The summed E-state index contributed by atoms with van der Waals surface area (Å²) < 4.78 is 0. The lowest BCUT2D eigenvalue weighted by Gasteiger charge is -2.09. The Morgan fingerprint density at radius 1 is 1.37 bits per heavy atom. The van der Waals surface area contributed by atoms with Gasteiger partial charge in [0.05, 0.1) is 0 Å². The van der Waals surface area contributed by atoms with E-state index in [1.54, 1.807) is 6.92 Å². The highest BCUT2D eigenvalue weighted by molar-refractivity contribution is 7.99. The molecule has 2 N–H and O–H groups in total. The summed E-state index contributed by atoms with van der Waals surface area (Å²) in [6, 6.07) is 1.46. The standard InChI is InChI=1S/C12H15N5OS/c1-4-13-10-8(3)11(15-6-14-10)19-12-16-7(2)5-9(18)17-12/h5-6H,4H2,1-3H3,(H,13,14,15)(H,16,17,18). The molecule has 0 aliphatic rings. The zero-order valence-corrected chi connectivity index (χ0v) is 11.8. The highest BCUT2D eigenvalue weighted by Crippen LogP contribution is 2.27. The molecule has 0 aliphatic heterocycles. The van der Waals surface area contributed by atoms with Crippen LogP contribution in [0.15, 0.2) is 27.4 Å². The maximum atomic E-state index is 11.4. The fourth-order valence-corrected chi connectivity index (χ4v) is 2.45. The molecule has 6 nitrogen and oxygen atoms in total. The van der Waals surface area contributed by atoms with Crippen molar-refractivity contribution in [1.29, 1.82) is 0 Å². The molecule has 0 saturated carbocycles. The van der Waals surface area contributed by atoms with Crippen molar-refractivity contribution in [1.82, 2.24) is 19.9 Å². The van der Waals surface area contributed by atoms with E-state index in [9.17, 15) is 4.79 Å². The highest BCUT2D eigenvalue weighted by Gasteiger charge is 2.09. The maximum Gasteiger partial charge on any atom is 0.251 e. The minimum atomic E-state index is -0.159. The third kappa shape index (κ3) is 3.31. The van der Waals surface area contributed by atoms with Gasteiger partial charge in [-0.2, -0.15) is 0 Å². The van der Waals surface area contributed by atoms with Gasteiger partial charge in [-0.1, -0.05) is 0 Å². The molecular formula is C12H15N5OS. The molecule has 0 aromatic carbocycles. The second-order valence-electron chi connectivity index (χ2n) is 3.98. The number of rotatable bonds is 4. The molecule has 2 aromatic rings. The Labute approximate surface area is 115 Å². The van der Waals surface area contributed by atoms with E-state index in [4.69, 9.17) is 0 Å². The summed E-state index contributed by atoms with van der Waals surface area (Å²) >= 11 is 1.32. The predicted molar refractivity (Wildman–Crippen MR) is 74.7 cm³/mol. The van der Waals surface area contributed by atoms with Crippen LogP contribution in [0.4, 0.5) is 5.82 Å². The molecule has 0 fully saturated rings. The van der Waals surface area contributed by atoms with Crippen LogP contribution in [0, 0.1) is 13.8 Å². The molecule has 0 spiro atoms. The number of aromatic amines is 1. The third-order valence-corrected chi connectivity index (χ3v) is 3.42. The van der Waals surface area contributed by atoms with Crippen LogP contribution in [0.3, 0.4) is 0 Å². The molecular weight excluding hydrogens is 262 g/mol. The minimum Gasteiger partial charge on any atom is -0.370 e. The van der Waals surface area contributed by atoms with Crippen LogP contribution in [0.2, 0.25) is 0 Å². The molecule has 0 amide bonds. The van der Waals surface area contributed by atoms with Crippen molar-refractivity contribution >= 4 is 17.6 Å². The van der Waals surface area contributed by atoms with Crippen LogP contribution in [0.5, 0.6) is 0 Å². The molecule has 0 aliphatic carbocycles. The first-order valence-electron chi connectivity index (χ1n) is 5.91. The lowest BCUT2D eigenvalue weighted by molar-refractivity contribution is 0.897. The monoisotopic (exact) mass is 277 g/mol. The summed E-state index contributed by atoms with van der Waals surface area (Å²) in [5.41, 5.74) is 1.47. The Balaban J connectivity index is 2.32. The molecule has 19 heavy (non-hydrogen) atoms. The maximum absolute atomic E-state index is 11.4. The minimum absolute atomic E-state index is 0.159. The van der Waals surface area contributed by atoms with Crippen LogP contribution >= 0.6 is 11.8 Å². The van der Waals surface area contributed by atoms with Crippen LogP contribution in [-0.2, 0) is 0 Å². The number of aryl methyl sites for hydroxylation is 1. The zero-order chi connectivity index (χ0) is 13.8. The van der Waals surface area contributed by atoms with E-state index in [0.29, 0.717) is 10.9 Å². The van der Waals surface area contributed by atoms with Crippen molar-refractivity contribution in [3.63, 3.8) is 0 Å². The zero-order valence-electron chi connectivity index (χ0n) is 11.0. The Morgan fingerprint density at radius 2 is 2.16 bits per heavy atom. The number of nitrogens with one attached hydrogen (secondary N) is 2. The van der Waals surface area contributed by atoms with Crippen molar-refractivity contribution in [3.8, 4) is 0 Å². The average molecular weight is 277 g/mol. The number of H-pyrrole nitrogens is 1. The van der Waals surface area contributed by atoms with Gasteiger partial charge in [0.15, 0.2) is 5.16 Å². The number of aromatic nitrogens is 4. The van der Waals surface area contributed by atoms with E-state index < -0.39 is 0 Å². The Morgan fingerprint density at radius 3 is 2.84 bits per heavy atom. The molecule has 0 bridgehead atoms. The van der Waals surface area contributed by atoms with E-state index in [-0.39, 0.29) is 5.56 Å². The SMILES string of the molecule is CCNc1ncnc(Sc2nc(C)cc(=O)[nH]2)c1C. The van der Waals surface area contributed by atoms with Gasteiger partial charge >= 0.3 is 0 Å². The van der Waals surface area contributed by atoms with Gasteiger partial charge in [0.2, 0.25) is 0 Å². The fraction of sp³-hybridized carbons (Fsp3) is 0.333. The normalized spacial score (nSPS) is 10.5. The van der Waals surface area contributed by atoms with E-state index in [0.717, 1.165) is 23.0 Å². The molecule has 0 radical (unpaired) electrons. The Hall–Kier alpha value is -1.89. The third-order valence-electron chi connectivity index (χ3n) is 2.42. The van der Waals surface area contributed by atoms with Crippen LogP contribution in [0.25, 0.3) is 0 Å². The molecule has 0 atom stereocenters. The van der Waals surface area contributed by atoms with Gasteiger partial charge in [-0.05, 0) is 32.5 Å². The summed E-state index contributed by atoms with van der Waals surface area (Å²) in [4.78, 5) is 26.8. The van der Waals surface area contributed by atoms with Crippen LogP contribution in [-0.4, -0.2) is 26.5 Å².